The van der Waals surface area contributed by atoms with Gasteiger partial charge in [-0.05, 0) is 60.5 Å². The molecule has 168 valence electrons. The standard InChI is InChI=1S/C26H23BrN2O4/c1-2-15-32-21-13-11-19(12-14-21)28-25(30)22-23(17-7-6-8-18(27)16-17)29(33-24(22)26(28)31)20-9-4-3-5-10-20/h3-14,16,22-24H,2,15H2,1H3/t22-,23+,24-/m1/s1. The molecule has 0 aromatic heterocycles. The Balaban J connectivity index is 1.50. The van der Waals surface area contributed by atoms with Crippen molar-refractivity contribution < 1.29 is 19.2 Å². The number of hydrogen-bond acceptors (Lipinski definition) is 5. The quantitative estimate of drug-likeness (QED) is 0.425. The Labute approximate surface area is 200 Å². The van der Waals surface area contributed by atoms with E-state index in [2.05, 4.69) is 15.9 Å². The first-order chi connectivity index (χ1) is 16.1. The lowest BCUT2D eigenvalue weighted by molar-refractivity contribution is -0.126. The van der Waals surface area contributed by atoms with Gasteiger partial charge in [0.1, 0.15) is 11.7 Å². The number of hydrogen-bond donors (Lipinski definition) is 0. The van der Waals surface area contributed by atoms with Crippen LogP contribution in [-0.2, 0) is 14.4 Å². The molecule has 0 spiro atoms. The Morgan fingerprint density at radius 2 is 1.67 bits per heavy atom. The van der Waals surface area contributed by atoms with Crippen LogP contribution in [0.3, 0.4) is 0 Å². The zero-order valence-corrected chi connectivity index (χ0v) is 19.6. The van der Waals surface area contributed by atoms with Crippen LogP contribution in [0.15, 0.2) is 83.3 Å². The first-order valence-electron chi connectivity index (χ1n) is 11.0. The van der Waals surface area contributed by atoms with Gasteiger partial charge in [0.2, 0.25) is 5.91 Å². The summed E-state index contributed by atoms with van der Waals surface area (Å²) in [4.78, 5) is 34.5. The molecule has 6 nitrogen and oxygen atoms in total. The number of benzene rings is 3. The van der Waals surface area contributed by atoms with Crippen molar-refractivity contribution in [2.24, 2.45) is 5.92 Å². The van der Waals surface area contributed by atoms with E-state index in [4.69, 9.17) is 9.57 Å². The first-order valence-corrected chi connectivity index (χ1v) is 11.7. The molecule has 3 aromatic rings. The Morgan fingerprint density at radius 1 is 0.909 bits per heavy atom. The Kier molecular flexibility index (Phi) is 5.91. The molecule has 33 heavy (non-hydrogen) atoms. The van der Waals surface area contributed by atoms with Gasteiger partial charge >= 0.3 is 0 Å². The van der Waals surface area contributed by atoms with Crippen molar-refractivity contribution in [2.75, 3.05) is 16.6 Å². The highest BCUT2D eigenvalue weighted by molar-refractivity contribution is 9.10. The number of nitrogens with zero attached hydrogens (tertiary/aromatic N) is 2. The number of carbonyl (C=O) groups excluding carboxylic acids is 2. The van der Waals surface area contributed by atoms with Crippen LogP contribution in [-0.4, -0.2) is 24.5 Å². The maximum absolute atomic E-state index is 13.7. The summed E-state index contributed by atoms with van der Waals surface area (Å²) in [7, 11) is 0. The molecule has 0 bridgehead atoms. The third-order valence-electron chi connectivity index (χ3n) is 5.88. The lowest BCUT2D eigenvalue weighted by Crippen LogP contribution is -2.37. The van der Waals surface area contributed by atoms with Gasteiger partial charge in [-0.2, -0.15) is 0 Å². The number of para-hydroxylation sites is 1. The van der Waals surface area contributed by atoms with Gasteiger partial charge in [0, 0.05) is 4.47 Å². The molecule has 2 aliphatic rings. The largest absolute Gasteiger partial charge is 0.494 e. The lowest BCUT2D eigenvalue weighted by atomic mass is 9.90. The van der Waals surface area contributed by atoms with Crippen LogP contribution in [0.1, 0.15) is 24.9 Å². The second kappa shape index (κ2) is 9.00. The number of amides is 2. The molecule has 2 aliphatic heterocycles. The second-order valence-electron chi connectivity index (χ2n) is 8.07. The van der Waals surface area contributed by atoms with Crippen molar-refractivity contribution in [2.45, 2.75) is 25.5 Å². The predicted octanol–water partition coefficient (Wildman–Crippen LogP) is 5.29. The maximum atomic E-state index is 13.7. The summed E-state index contributed by atoms with van der Waals surface area (Å²) in [5, 5.41) is 1.70. The van der Waals surface area contributed by atoms with Gasteiger partial charge in [-0.15, -0.1) is 0 Å². The molecule has 0 aliphatic carbocycles. The molecule has 2 saturated heterocycles. The zero-order chi connectivity index (χ0) is 22.9. The number of halogens is 1. The summed E-state index contributed by atoms with van der Waals surface area (Å²) in [6, 6.07) is 23.9. The van der Waals surface area contributed by atoms with Gasteiger partial charge in [0.15, 0.2) is 6.10 Å². The highest BCUT2D eigenvalue weighted by Gasteiger charge is 2.60. The summed E-state index contributed by atoms with van der Waals surface area (Å²) in [5.41, 5.74) is 2.21. The highest BCUT2D eigenvalue weighted by atomic mass is 79.9. The predicted molar refractivity (Wildman–Crippen MR) is 129 cm³/mol. The molecule has 0 N–H and O–H groups in total. The van der Waals surface area contributed by atoms with E-state index in [0.717, 1.165) is 22.1 Å². The van der Waals surface area contributed by atoms with Gasteiger partial charge in [0.05, 0.1) is 24.0 Å². The summed E-state index contributed by atoms with van der Waals surface area (Å²) in [5.74, 6) is -0.581. The minimum absolute atomic E-state index is 0.268. The minimum Gasteiger partial charge on any atom is -0.494 e. The molecule has 2 amide bonds. The second-order valence-corrected chi connectivity index (χ2v) is 8.98. The van der Waals surface area contributed by atoms with Crippen molar-refractivity contribution in [3.63, 3.8) is 0 Å². The molecular formula is C26H23BrN2O4. The van der Waals surface area contributed by atoms with Gasteiger partial charge < -0.3 is 4.74 Å². The monoisotopic (exact) mass is 506 g/mol. The fourth-order valence-electron chi connectivity index (χ4n) is 4.41. The van der Waals surface area contributed by atoms with Crippen LogP contribution >= 0.6 is 15.9 Å². The Hall–Kier alpha value is -3.16. The minimum atomic E-state index is -0.891. The molecule has 7 heteroatoms. The van der Waals surface area contributed by atoms with Crippen LogP contribution in [0.25, 0.3) is 0 Å². The fourth-order valence-corrected chi connectivity index (χ4v) is 4.83. The van der Waals surface area contributed by atoms with Crippen LogP contribution in [0, 0.1) is 5.92 Å². The van der Waals surface area contributed by atoms with Crippen molar-refractivity contribution in [3.8, 4) is 5.75 Å². The fraction of sp³-hybridized carbons (Fsp3) is 0.231. The summed E-state index contributed by atoms with van der Waals surface area (Å²) >= 11 is 3.52. The number of fused-ring (bicyclic) bond motifs is 1. The van der Waals surface area contributed by atoms with Crippen LogP contribution in [0.4, 0.5) is 11.4 Å². The molecule has 3 aromatic carbocycles. The van der Waals surface area contributed by atoms with E-state index in [1.165, 1.54) is 4.90 Å². The highest BCUT2D eigenvalue weighted by Crippen LogP contribution is 2.47. The molecule has 0 radical (unpaired) electrons. The first kappa shape index (κ1) is 21.7. The smallest absolute Gasteiger partial charge is 0.266 e. The number of anilines is 2. The van der Waals surface area contributed by atoms with Crippen molar-refractivity contribution in [3.05, 3.63) is 88.9 Å². The molecule has 2 heterocycles. The molecule has 0 saturated carbocycles. The molecule has 0 unspecified atom stereocenters. The molecule has 2 fully saturated rings. The van der Waals surface area contributed by atoms with E-state index in [9.17, 15) is 9.59 Å². The number of carbonyl (C=O) groups is 2. The maximum Gasteiger partial charge on any atom is 0.266 e. The molecule has 5 rings (SSSR count). The van der Waals surface area contributed by atoms with Gasteiger partial charge in [-0.3, -0.25) is 14.4 Å². The van der Waals surface area contributed by atoms with Crippen LogP contribution < -0.4 is 14.7 Å². The third kappa shape index (κ3) is 3.92. The Bertz CT molecular complexity index is 1170. The SMILES string of the molecule is CCCOc1ccc(N2C(=O)[C@H]3[C@@H](ON(c4ccccc4)[C@H]3c3cccc(Br)c3)C2=O)cc1. The van der Waals surface area contributed by atoms with Crippen molar-refractivity contribution >= 4 is 39.1 Å². The summed E-state index contributed by atoms with van der Waals surface area (Å²) in [6.45, 7) is 2.65. The van der Waals surface area contributed by atoms with Crippen LogP contribution in [0.2, 0.25) is 0 Å². The molecular weight excluding hydrogens is 484 g/mol. The average Bonchev–Trinajstić information content (AvgIpc) is 3.35. The topological polar surface area (TPSA) is 59.1 Å². The summed E-state index contributed by atoms with van der Waals surface area (Å²) in [6.07, 6.45) is 0.0122. The van der Waals surface area contributed by atoms with E-state index in [1.807, 2.05) is 61.5 Å². The van der Waals surface area contributed by atoms with Crippen molar-refractivity contribution in [1.29, 1.82) is 0 Å². The number of ether oxygens (including phenoxy) is 1. The summed E-state index contributed by atoms with van der Waals surface area (Å²) < 4.78 is 6.52. The van der Waals surface area contributed by atoms with E-state index in [-0.39, 0.29) is 11.8 Å². The van der Waals surface area contributed by atoms with E-state index in [0.29, 0.717) is 18.0 Å². The van der Waals surface area contributed by atoms with Crippen LogP contribution in [0.5, 0.6) is 5.75 Å². The van der Waals surface area contributed by atoms with E-state index >= 15 is 0 Å². The van der Waals surface area contributed by atoms with Crippen molar-refractivity contribution in [1.82, 2.24) is 0 Å². The van der Waals surface area contributed by atoms with Gasteiger partial charge in [0.25, 0.3) is 5.91 Å². The molecule has 3 atom stereocenters. The number of rotatable bonds is 6. The number of imide groups is 1. The van der Waals surface area contributed by atoms with E-state index in [1.54, 1.807) is 29.3 Å². The lowest BCUT2D eigenvalue weighted by Gasteiger charge is -2.29. The third-order valence-corrected chi connectivity index (χ3v) is 6.38. The number of hydroxylamine groups is 1. The average molecular weight is 507 g/mol. The van der Waals surface area contributed by atoms with E-state index < -0.39 is 18.1 Å². The normalized spacial score (nSPS) is 22.1. The van der Waals surface area contributed by atoms with Gasteiger partial charge in [-0.25, -0.2) is 9.96 Å². The Morgan fingerprint density at radius 3 is 2.36 bits per heavy atom. The zero-order valence-electron chi connectivity index (χ0n) is 18.1. The van der Waals surface area contributed by atoms with Gasteiger partial charge in [-0.1, -0.05) is 53.2 Å².